The first kappa shape index (κ1) is 14.1. The summed E-state index contributed by atoms with van der Waals surface area (Å²) in [5.41, 5.74) is 2.88. The summed E-state index contributed by atoms with van der Waals surface area (Å²) in [6.45, 7) is 4.20. The third-order valence-corrected chi connectivity index (χ3v) is 3.16. The van der Waals surface area contributed by atoms with Gasteiger partial charge in [0.15, 0.2) is 0 Å². The fraction of sp³-hybridized carbons (Fsp3) is 0.235. The Labute approximate surface area is 119 Å². The van der Waals surface area contributed by atoms with E-state index in [1.165, 1.54) is 0 Å². The number of phenols is 1. The molecule has 0 unspecified atom stereocenters. The molecule has 0 radical (unpaired) electrons. The number of rotatable bonds is 4. The fourth-order valence-corrected chi connectivity index (χ4v) is 2.11. The van der Waals surface area contributed by atoms with Crippen molar-refractivity contribution in [1.82, 2.24) is 0 Å². The largest absolute Gasteiger partial charge is 0.508 e. The second kappa shape index (κ2) is 6.24. The number of benzene rings is 2. The van der Waals surface area contributed by atoms with Crippen LogP contribution in [0.1, 0.15) is 30.9 Å². The van der Waals surface area contributed by atoms with Crippen LogP contribution in [0.3, 0.4) is 0 Å². The zero-order chi connectivity index (χ0) is 14.5. The van der Waals surface area contributed by atoms with Crippen LogP contribution >= 0.6 is 0 Å². The average molecular weight is 269 g/mol. The molecule has 20 heavy (non-hydrogen) atoms. The molecule has 0 bridgehead atoms. The zero-order valence-electron chi connectivity index (χ0n) is 11.8. The van der Waals surface area contributed by atoms with Crippen molar-refractivity contribution in [3.05, 3.63) is 59.7 Å². The molecule has 2 aromatic rings. The van der Waals surface area contributed by atoms with E-state index in [2.05, 4.69) is 19.2 Å². The van der Waals surface area contributed by atoms with E-state index in [9.17, 15) is 9.90 Å². The summed E-state index contributed by atoms with van der Waals surface area (Å²) in [5, 5.41) is 12.2. The van der Waals surface area contributed by atoms with Gasteiger partial charge in [0, 0.05) is 5.69 Å². The molecule has 0 aliphatic carbocycles. The van der Waals surface area contributed by atoms with Crippen LogP contribution in [0.5, 0.6) is 5.75 Å². The number of anilines is 1. The SMILES string of the molecule is CC(C)c1ccccc1NC(=O)Cc1ccc(O)cc1. The number of hydrogen-bond donors (Lipinski definition) is 2. The molecule has 3 nitrogen and oxygen atoms in total. The van der Waals surface area contributed by atoms with Crippen molar-refractivity contribution in [2.45, 2.75) is 26.2 Å². The van der Waals surface area contributed by atoms with Gasteiger partial charge in [-0.05, 0) is 35.2 Å². The highest BCUT2D eigenvalue weighted by Gasteiger charge is 2.09. The van der Waals surface area contributed by atoms with Crippen molar-refractivity contribution in [2.24, 2.45) is 0 Å². The summed E-state index contributed by atoms with van der Waals surface area (Å²) >= 11 is 0. The molecule has 0 aromatic heterocycles. The third-order valence-electron chi connectivity index (χ3n) is 3.16. The lowest BCUT2D eigenvalue weighted by Crippen LogP contribution is -2.15. The highest BCUT2D eigenvalue weighted by molar-refractivity contribution is 5.93. The second-order valence-corrected chi connectivity index (χ2v) is 5.13. The van der Waals surface area contributed by atoms with Crippen LogP contribution in [0.15, 0.2) is 48.5 Å². The lowest BCUT2D eigenvalue weighted by Gasteiger charge is -2.13. The topological polar surface area (TPSA) is 49.3 Å². The van der Waals surface area contributed by atoms with Crippen molar-refractivity contribution in [3.8, 4) is 5.75 Å². The van der Waals surface area contributed by atoms with Crippen LogP contribution < -0.4 is 5.32 Å². The molecule has 3 heteroatoms. The van der Waals surface area contributed by atoms with Crippen molar-refractivity contribution < 1.29 is 9.90 Å². The Morgan fingerprint density at radius 1 is 1.10 bits per heavy atom. The van der Waals surface area contributed by atoms with Crippen molar-refractivity contribution in [2.75, 3.05) is 5.32 Å². The molecule has 0 atom stereocenters. The Morgan fingerprint density at radius 3 is 2.40 bits per heavy atom. The maximum atomic E-state index is 12.1. The third kappa shape index (κ3) is 3.60. The van der Waals surface area contributed by atoms with Crippen LogP contribution in [-0.4, -0.2) is 11.0 Å². The Balaban J connectivity index is 2.07. The monoisotopic (exact) mass is 269 g/mol. The van der Waals surface area contributed by atoms with Gasteiger partial charge in [-0.2, -0.15) is 0 Å². The smallest absolute Gasteiger partial charge is 0.228 e. The first-order valence-electron chi connectivity index (χ1n) is 6.73. The highest BCUT2D eigenvalue weighted by Crippen LogP contribution is 2.23. The number of hydrogen-bond acceptors (Lipinski definition) is 2. The predicted octanol–water partition coefficient (Wildman–Crippen LogP) is 3.70. The Kier molecular flexibility index (Phi) is 4.41. The number of phenolic OH excluding ortho intramolecular Hbond substituents is 1. The number of carbonyl (C=O) groups is 1. The molecule has 0 fully saturated rings. The lowest BCUT2D eigenvalue weighted by molar-refractivity contribution is -0.115. The van der Waals surface area contributed by atoms with Gasteiger partial charge in [0.1, 0.15) is 5.75 Å². The molecule has 104 valence electrons. The molecule has 2 aromatic carbocycles. The molecule has 2 rings (SSSR count). The van der Waals surface area contributed by atoms with Crippen molar-refractivity contribution >= 4 is 11.6 Å². The maximum absolute atomic E-state index is 12.1. The molecular weight excluding hydrogens is 250 g/mol. The van der Waals surface area contributed by atoms with E-state index >= 15 is 0 Å². The molecule has 0 aliphatic rings. The highest BCUT2D eigenvalue weighted by atomic mass is 16.3. The van der Waals surface area contributed by atoms with E-state index in [1.54, 1.807) is 24.3 Å². The minimum Gasteiger partial charge on any atom is -0.508 e. The van der Waals surface area contributed by atoms with Crippen molar-refractivity contribution in [3.63, 3.8) is 0 Å². The van der Waals surface area contributed by atoms with Gasteiger partial charge >= 0.3 is 0 Å². The van der Waals surface area contributed by atoms with Gasteiger partial charge in [0.2, 0.25) is 5.91 Å². The predicted molar refractivity (Wildman–Crippen MR) is 81.0 cm³/mol. The van der Waals surface area contributed by atoms with E-state index in [4.69, 9.17) is 0 Å². The van der Waals surface area contributed by atoms with E-state index in [0.717, 1.165) is 16.8 Å². The quantitative estimate of drug-likeness (QED) is 0.889. The normalized spacial score (nSPS) is 10.6. The first-order valence-corrected chi connectivity index (χ1v) is 6.73. The second-order valence-electron chi connectivity index (χ2n) is 5.13. The summed E-state index contributed by atoms with van der Waals surface area (Å²) in [5.74, 6) is 0.517. The zero-order valence-corrected chi connectivity index (χ0v) is 11.8. The molecule has 0 saturated heterocycles. The fourth-order valence-electron chi connectivity index (χ4n) is 2.11. The number of para-hydroxylation sites is 1. The summed E-state index contributed by atoms with van der Waals surface area (Å²) in [6, 6.07) is 14.5. The summed E-state index contributed by atoms with van der Waals surface area (Å²) in [4.78, 5) is 12.1. The number of nitrogens with one attached hydrogen (secondary N) is 1. The summed E-state index contributed by atoms with van der Waals surface area (Å²) in [6.07, 6.45) is 0.298. The van der Waals surface area contributed by atoms with Gasteiger partial charge in [-0.3, -0.25) is 4.79 Å². The summed E-state index contributed by atoms with van der Waals surface area (Å²) < 4.78 is 0. The van der Waals surface area contributed by atoms with Crippen LogP contribution in [0.4, 0.5) is 5.69 Å². The van der Waals surface area contributed by atoms with Gasteiger partial charge in [0.05, 0.1) is 6.42 Å². The number of aromatic hydroxyl groups is 1. The van der Waals surface area contributed by atoms with Crippen LogP contribution in [0.2, 0.25) is 0 Å². The van der Waals surface area contributed by atoms with E-state index in [-0.39, 0.29) is 11.7 Å². The molecule has 0 spiro atoms. The average Bonchev–Trinajstić information content (AvgIpc) is 2.41. The summed E-state index contributed by atoms with van der Waals surface area (Å²) in [7, 11) is 0. The van der Waals surface area contributed by atoms with E-state index in [1.807, 2.05) is 24.3 Å². The van der Waals surface area contributed by atoms with Gasteiger partial charge in [-0.1, -0.05) is 44.2 Å². The minimum absolute atomic E-state index is 0.0520. The van der Waals surface area contributed by atoms with Gasteiger partial charge in [-0.15, -0.1) is 0 Å². The van der Waals surface area contributed by atoms with Gasteiger partial charge in [0.25, 0.3) is 0 Å². The van der Waals surface area contributed by atoms with E-state index in [0.29, 0.717) is 12.3 Å². The Bertz CT molecular complexity index is 588. The minimum atomic E-state index is -0.0520. The molecule has 0 saturated carbocycles. The van der Waals surface area contributed by atoms with Crippen LogP contribution in [-0.2, 0) is 11.2 Å². The number of carbonyl (C=O) groups excluding carboxylic acids is 1. The van der Waals surface area contributed by atoms with Crippen LogP contribution in [0, 0.1) is 0 Å². The first-order chi connectivity index (χ1) is 9.56. The maximum Gasteiger partial charge on any atom is 0.228 e. The van der Waals surface area contributed by atoms with Crippen molar-refractivity contribution in [1.29, 1.82) is 0 Å². The Hall–Kier alpha value is -2.29. The molecule has 0 aliphatic heterocycles. The Morgan fingerprint density at radius 2 is 1.75 bits per heavy atom. The standard InChI is InChI=1S/C17H19NO2/c1-12(2)15-5-3-4-6-16(15)18-17(20)11-13-7-9-14(19)10-8-13/h3-10,12,19H,11H2,1-2H3,(H,18,20). The molecule has 1 amide bonds. The van der Waals surface area contributed by atoms with Crippen LogP contribution in [0.25, 0.3) is 0 Å². The van der Waals surface area contributed by atoms with Gasteiger partial charge in [-0.25, -0.2) is 0 Å². The lowest BCUT2D eigenvalue weighted by atomic mass is 10.0. The molecule has 0 heterocycles. The van der Waals surface area contributed by atoms with Gasteiger partial charge < -0.3 is 10.4 Å². The van der Waals surface area contributed by atoms with E-state index < -0.39 is 0 Å². The molecular formula is C17H19NO2. The molecule has 2 N–H and O–H groups in total. The number of amides is 1.